The molecule has 0 spiro atoms. The molecular formula is C21H23N3O6S. The zero-order valence-corrected chi connectivity index (χ0v) is 17.9. The van der Waals surface area contributed by atoms with Crippen molar-refractivity contribution in [1.82, 2.24) is 10.6 Å². The fourth-order valence-electron chi connectivity index (χ4n) is 3.43. The summed E-state index contributed by atoms with van der Waals surface area (Å²) in [5, 5.41) is 4.62. The van der Waals surface area contributed by atoms with Gasteiger partial charge in [-0.2, -0.15) is 0 Å². The van der Waals surface area contributed by atoms with Crippen LogP contribution >= 0.6 is 0 Å². The first-order chi connectivity index (χ1) is 14.6. The van der Waals surface area contributed by atoms with Crippen molar-refractivity contribution in [3.05, 3.63) is 65.2 Å². The number of urea groups is 1. The summed E-state index contributed by atoms with van der Waals surface area (Å²) in [6.45, 7) is 1.41. The number of imide groups is 1. The first-order valence-electron chi connectivity index (χ1n) is 9.56. The zero-order valence-electron chi connectivity index (χ0n) is 17.1. The van der Waals surface area contributed by atoms with Gasteiger partial charge in [0.25, 0.3) is 5.91 Å². The van der Waals surface area contributed by atoms with Gasteiger partial charge >= 0.3 is 12.0 Å². The van der Waals surface area contributed by atoms with Crippen LogP contribution in [0.1, 0.15) is 28.4 Å². The maximum Gasteiger partial charge on any atom is 0.338 e. The van der Waals surface area contributed by atoms with Crippen LogP contribution in [0.15, 0.2) is 48.5 Å². The van der Waals surface area contributed by atoms with Crippen molar-refractivity contribution < 1.29 is 27.5 Å². The van der Waals surface area contributed by atoms with Gasteiger partial charge in [0.15, 0.2) is 6.61 Å². The predicted octanol–water partition coefficient (Wildman–Crippen LogP) is 1.58. The molecule has 0 bridgehead atoms. The average molecular weight is 445 g/mol. The Kier molecular flexibility index (Phi) is 6.59. The van der Waals surface area contributed by atoms with Gasteiger partial charge in [0.2, 0.25) is 10.0 Å². The third-order valence-electron chi connectivity index (χ3n) is 4.71. The van der Waals surface area contributed by atoms with E-state index in [0.717, 1.165) is 11.8 Å². The lowest BCUT2D eigenvalue weighted by atomic mass is 10.1. The highest BCUT2D eigenvalue weighted by Gasteiger charge is 2.33. The highest BCUT2D eigenvalue weighted by atomic mass is 32.2. The van der Waals surface area contributed by atoms with Gasteiger partial charge in [-0.1, -0.05) is 30.3 Å². The normalized spacial score (nSPS) is 15.2. The number of amides is 3. The Morgan fingerprint density at radius 2 is 1.84 bits per heavy atom. The molecule has 2 aromatic carbocycles. The Morgan fingerprint density at radius 3 is 2.52 bits per heavy atom. The van der Waals surface area contributed by atoms with Crippen molar-refractivity contribution >= 4 is 33.6 Å². The van der Waals surface area contributed by atoms with Crippen LogP contribution in [0.2, 0.25) is 0 Å². The number of hydrogen-bond donors (Lipinski definition) is 2. The molecule has 2 N–H and O–H groups in total. The molecule has 1 aliphatic rings. The molecule has 9 nitrogen and oxygen atoms in total. The van der Waals surface area contributed by atoms with Crippen molar-refractivity contribution in [2.45, 2.75) is 25.9 Å². The number of sulfonamides is 1. The van der Waals surface area contributed by atoms with Crippen molar-refractivity contribution in [2.75, 3.05) is 17.2 Å². The molecule has 2 aromatic rings. The molecule has 0 fully saturated rings. The number of nitrogens with one attached hydrogen (secondary N) is 2. The van der Waals surface area contributed by atoms with E-state index in [-0.39, 0.29) is 18.2 Å². The van der Waals surface area contributed by atoms with Gasteiger partial charge in [0.05, 0.1) is 17.5 Å². The molecule has 1 unspecified atom stereocenters. The SMILES string of the molecule is CC1Cc2cc(C(=O)OCC(=O)NC(=O)NCc3ccccc3)ccc2N1S(C)(=O)=O. The largest absolute Gasteiger partial charge is 0.452 e. The number of carbonyl (C=O) groups is 3. The molecule has 3 rings (SSSR count). The molecule has 1 heterocycles. The minimum Gasteiger partial charge on any atom is -0.452 e. The summed E-state index contributed by atoms with van der Waals surface area (Å²) in [5.41, 5.74) is 2.30. The molecule has 0 aliphatic carbocycles. The Hall–Kier alpha value is -3.40. The summed E-state index contributed by atoms with van der Waals surface area (Å²) in [4.78, 5) is 35.9. The topological polar surface area (TPSA) is 122 Å². The van der Waals surface area contributed by atoms with Gasteiger partial charge in [-0.25, -0.2) is 18.0 Å². The molecule has 31 heavy (non-hydrogen) atoms. The summed E-state index contributed by atoms with van der Waals surface area (Å²) >= 11 is 0. The summed E-state index contributed by atoms with van der Waals surface area (Å²) in [6.07, 6.45) is 1.60. The number of rotatable bonds is 6. The number of ether oxygens (including phenoxy) is 1. The number of anilines is 1. The Bertz CT molecular complexity index is 1100. The van der Waals surface area contributed by atoms with Gasteiger partial charge in [0.1, 0.15) is 0 Å². The lowest BCUT2D eigenvalue weighted by Crippen LogP contribution is -2.41. The van der Waals surface area contributed by atoms with Gasteiger partial charge < -0.3 is 10.1 Å². The molecular weight excluding hydrogens is 422 g/mol. The second-order valence-corrected chi connectivity index (χ2v) is 9.11. The number of esters is 1. The van der Waals surface area contributed by atoms with Gasteiger partial charge in [0, 0.05) is 12.6 Å². The fraction of sp³-hybridized carbons (Fsp3) is 0.286. The lowest BCUT2D eigenvalue weighted by Gasteiger charge is -2.21. The van der Waals surface area contributed by atoms with Crippen LogP contribution < -0.4 is 14.9 Å². The molecule has 0 saturated carbocycles. The Balaban J connectivity index is 1.51. The summed E-state index contributed by atoms with van der Waals surface area (Å²) in [5.74, 6) is -1.51. The van der Waals surface area contributed by atoms with Crippen molar-refractivity contribution in [2.24, 2.45) is 0 Å². The number of benzene rings is 2. The fourth-order valence-corrected chi connectivity index (χ4v) is 4.70. The maximum absolute atomic E-state index is 12.3. The van der Waals surface area contributed by atoms with E-state index >= 15 is 0 Å². The minimum absolute atomic E-state index is 0.197. The van der Waals surface area contributed by atoms with Gasteiger partial charge in [-0.3, -0.25) is 14.4 Å². The first kappa shape index (κ1) is 22.3. The molecule has 1 atom stereocenters. The van der Waals surface area contributed by atoms with Crippen molar-refractivity contribution in [1.29, 1.82) is 0 Å². The van der Waals surface area contributed by atoms with Crippen molar-refractivity contribution in [3.8, 4) is 0 Å². The van der Waals surface area contributed by atoms with Crippen LogP contribution in [0.3, 0.4) is 0 Å². The molecule has 0 radical (unpaired) electrons. The van der Waals surface area contributed by atoms with E-state index in [4.69, 9.17) is 4.74 Å². The number of carbonyl (C=O) groups excluding carboxylic acids is 3. The second-order valence-electron chi connectivity index (χ2n) is 7.25. The number of fused-ring (bicyclic) bond motifs is 1. The molecule has 0 aromatic heterocycles. The molecule has 1 aliphatic heterocycles. The highest BCUT2D eigenvalue weighted by molar-refractivity contribution is 7.92. The van der Waals surface area contributed by atoms with E-state index in [1.807, 2.05) is 30.3 Å². The lowest BCUT2D eigenvalue weighted by molar-refractivity contribution is -0.123. The van der Waals surface area contributed by atoms with E-state index in [2.05, 4.69) is 10.6 Å². The summed E-state index contributed by atoms with van der Waals surface area (Å²) in [6, 6.07) is 12.8. The van der Waals surface area contributed by atoms with E-state index < -0.39 is 34.5 Å². The van der Waals surface area contributed by atoms with E-state index in [1.54, 1.807) is 19.1 Å². The second kappa shape index (κ2) is 9.17. The van der Waals surface area contributed by atoms with E-state index in [1.165, 1.54) is 10.4 Å². The first-order valence-corrected chi connectivity index (χ1v) is 11.4. The van der Waals surface area contributed by atoms with E-state index in [9.17, 15) is 22.8 Å². The molecule has 3 amide bonds. The maximum atomic E-state index is 12.3. The zero-order chi connectivity index (χ0) is 22.6. The minimum atomic E-state index is -3.43. The van der Waals surface area contributed by atoms with Crippen molar-refractivity contribution in [3.63, 3.8) is 0 Å². The smallest absolute Gasteiger partial charge is 0.338 e. The third kappa shape index (κ3) is 5.60. The predicted molar refractivity (Wildman–Crippen MR) is 114 cm³/mol. The van der Waals surface area contributed by atoms with Gasteiger partial charge in [-0.05, 0) is 42.7 Å². The number of hydrogen-bond acceptors (Lipinski definition) is 6. The van der Waals surface area contributed by atoms with Crippen LogP contribution in [0.5, 0.6) is 0 Å². The quantitative estimate of drug-likeness (QED) is 0.651. The average Bonchev–Trinajstić information content (AvgIpc) is 3.06. The highest BCUT2D eigenvalue weighted by Crippen LogP contribution is 2.34. The summed E-state index contributed by atoms with van der Waals surface area (Å²) < 4.78 is 30.2. The van der Waals surface area contributed by atoms with Crippen LogP contribution in [-0.4, -0.2) is 45.2 Å². The standard InChI is InChI=1S/C21H23N3O6S/c1-14-10-17-11-16(8-9-18(17)24(14)31(2,28)29)20(26)30-13-19(25)23-21(27)22-12-15-6-4-3-5-7-15/h3-9,11,14H,10,12-13H2,1-2H3,(H2,22,23,25,27). The van der Waals surface area contributed by atoms with Gasteiger partial charge in [-0.15, -0.1) is 0 Å². The molecule has 164 valence electrons. The summed E-state index contributed by atoms with van der Waals surface area (Å²) in [7, 11) is -3.43. The van der Waals surface area contributed by atoms with E-state index in [0.29, 0.717) is 17.7 Å². The van der Waals surface area contributed by atoms with Crippen LogP contribution in [0.4, 0.5) is 10.5 Å². The molecule has 10 heteroatoms. The van der Waals surface area contributed by atoms with Crippen LogP contribution in [-0.2, 0) is 32.5 Å². The third-order valence-corrected chi connectivity index (χ3v) is 5.98. The Morgan fingerprint density at radius 1 is 1.13 bits per heavy atom. The van der Waals surface area contributed by atoms with Crippen LogP contribution in [0.25, 0.3) is 0 Å². The Labute approximate surface area is 180 Å². The van der Waals surface area contributed by atoms with Crippen LogP contribution in [0, 0.1) is 0 Å². The monoisotopic (exact) mass is 445 g/mol. The number of nitrogens with zero attached hydrogens (tertiary/aromatic N) is 1. The molecule has 0 saturated heterocycles.